The van der Waals surface area contributed by atoms with E-state index in [2.05, 4.69) is 43.5 Å². The second-order valence-electron chi connectivity index (χ2n) is 13.5. The van der Waals surface area contributed by atoms with Crippen molar-refractivity contribution in [1.29, 1.82) is 0 Å². The molecule has 286 valence electrons. The van der Waals surface area contributed by atoms with Gasteiger partial charge in [-0.15, -0.1) is 0 Å². The van der Waals surface area contributed by atoms with Crippen LogP contribution in [0.2, 0.25) is 0 Å². The first kappa shape index (κ1) is 45.4. The van der Waals surface area contributed by atoms with Gasteiger partial charge in [-0.3, -0.25) is 4.79 Å². The summed E-state index contributed by atoms with van der Waals surface area (Å²) in [6, 6.07) is -0.997. The van der Waals surface area contributed by atoms with E-state index in [0.29, 0.717) is 19.3 Å². The molecule has 0 bridgehead atoms. The molecular formula is C39H71NO9. The van der Waals surface area contributed by atoms with Crippen molar-refractivity contribution in [1.82, 2.24) is 5.32 Å². The first-order valence-electron chi connectivity index (χ1n) is 19.3. The number of unbranched alkanes of at least 4 members (excludes halogenated alkanes) is 15. The van der Waals surface area contributed by atoms with Crippen LogP contribution in [0.3, 0.4) is 0 Å². The third-order valence-corrected chi connectivity index (χ3v) is 9.05. The molecule has 1 fully saturated rings. The fourth-order valence-corrected chi connectivity index (χ4v) is 5.78. The first-order valence-corrected chi connectivity index (χ1v) is 19.3. The molecule has 0 radical (unpaired) electrons. The van der Waals surface area contributed by atoms with Crippen LogP contribution in [0.25, 0.3) is 0 Å². The van der Waals surface area contributed by atoms with E-state index < -0.39 is 61.5 Å². The van der Waals surface area contributed by atoms with Crippen molar-refractivity contribution in [3.05, 3.63) is 36.5 Å². The Bertz CT molecular complexity index is 881. The van der Waals surface area contributed by atoms with Gasteiger partial charge in [0.05, 0.1) is 25.4 Å². The minimum absolute atomic E-state index is 0.300. The van der Waals surface area contributed by atoms with Crippen LogP contribution in [0, 0.1) is 0 Å². The van der Waals surface area contributed by atoms with Crippen molar-refractivity contribution >= 4 is 5.91 Å². The Morgan fingerprint density at radius 3 is 1.78 bits per heavy atom. The molecule has 1 saturated heterocycles. The lowest BCUT2D eigenvalue weighted by atomic mass is 9.99. The summed E-state index contributed by atoms with van der Waals surface area (Å²) in [5.41, 5.74) is 0. The van der Waals surface area contributed by atoms with Crippen LogP contribution < -0.4 is 5.32 Å². The molecule has 10 nitrogen and oxygen atoms in total. The van der Waals surface area contributed by atoms with E-state index in [1.54, 1.807) is 6.08 Å². The molecule has 8 unspecified atom stereocenters. The minimum atomic E-state index is -1.61. The van der Waals surface area contributed by atoms with Gasteiger partial charge in [0.2, 0.25) is 5.91 Å². The largest absolute Gasteiger partial charge is 0.394 e. The molecule has 0 aromatic rings. The van der Waals surface area contributed by atoms with Gasteiger partial charge in [-0.2, -0.15) is 0 Å². The highest BCUT2D eigenvalue weighted by Crippen LogP contribution is 2.22. The summed E-state index contributed by atoms with van der Waals surface area (Å²) in [6.07, 6.45) is 23.9. The first-order chi connectivity index (χ1) is 23.8. The quantitative estimate of drug-likeness (QED) is 0.0378. The third-order valence-electron chi connectivity index (χ3n) is 9.05. The zero-order valence-electron chi connectivity index (χ0n) is 30.5. The number of hydrogen-bond donors (Lipinski definition) is 7. The summed E-state index contributed by atoms with van der Waals surface area (Å²) in [5.74, 6) is -0.637. The van der Waals surface area contributed by atoms with Crippen LogP contribution in [0.15, 0.2) is 36.5 Å². The number of rotatable bonds is 30. The maximum atomic E-state index is 12.9. The number of amides is 1. The lowest BCUT2D eigenvalue weighted by Crippen LogP contribution is -2.60. The highest BCUT2D eigenvalue weighted by molar-refractivity contribution is 5.80. The maximum Gasteiger partial charge on any atom is 0.249 e. The van der Waals surface area contributed by atoms with E-state index in [0.717, 1.165) is 44.9 Å². The average molecular weight is 698 g/mol. The third kappa shape index (κ3) is 21.4. The molecule has 1 rings (SSSR count). The maximum absolute atomic E-state index is 12.9. The zero-order valence-corrected chi connectivity index (χ0v) is 30.5. The second-order valence-corrected chi connectivity index (χ2v) is 13.5. The van der Waals surface area contributed by atoms with Crippen molar-refractivity contribution in [2.45, 2.75) is 191 Å². The van der Waals surface area contributed by atoms with Gasteiger partial charge in [-0.25, -0.2) is 0 Å². The Kier molecular flexibility index (Phi) is 27.8. The SMILES string of the molecule is CCCCCCCC/C=C/CC/C=C/CC/C=C/C(O)C(COC1OC(CO)C(O)C(O)C1O)NC(=O)C(O)CCCCCCCCCC. The van der Waals surface area contributed by atoms with Gasteiger partial charge in [0.15, 0.2) is 6.29 Å². The number of aliphatic hydroxyl groups excluding tert-OH is 6. The molecule has 0 spiro atoms. The molecule has 1 aliphatic rings. The molecule has 10 heteroatoms. The number of nitrogens with one attached hydrogen (secondary N) is 1. The summed E-state index contributed by atoms with van der Waals surface area (Å²) in [6.45, 7) is 3.50. The normalized spacial score (nSPS) is 23.5. The van der Waals surface area contributed by atoms with Gasteiger partial charge in [-0.1, -0.05) is 134 Å². The fourth-order valence-electron chi connectivity index (χ4n) is 5.78. The number of carbonyl (C=O) groups is 1. The van der Waals surface area contributed by atoms with Crippen molar-refractivity contribution in [2.75, 3.05) is 13.2 Å². The van der Waals surface area contributed by atoms with Crippen LogP contribution in [-0.4, -0.2) is 98.7 Å². The molecule has 0 aliphatic carbocycles. The molecule has 49 heavy (non-hydrogen) atoms. The molecule has 1 heterocycles. The summed E-state index contributed by atoms with van der Waals surface area (Å²) < 4.78 is 11.0. The van der Waals surface area contributed by atoms with E-state index in [9.17, 15) is 35.4 Å². The van der Waals surface area contributed by atoms with Crippen LogP contribution in [0.4, 0.5) is 0 Å². The zero-order chi connectivity index (χ0) is 36.1. The van der Waals surface area contributed by atoms with Crippen LogP contribution >= 0.6 is 0 Å². The Morgan fingerprint density at radius 1 is 0.694 bits per heavy atom. The standard InChI is InChI=1S/C39H71NO9/c1-3-5-7-9-11-13-14-15-16-17-18-19-20-22-23-25-27-32(42)31(30-48-39-37(46)36(45)35(44)34(29-41)49-39)40-38(47)33(43)28-26-24-21-12-10-8-6-4-2/h15-16,19-20,25,27,31-37,39,41-46H,3-14,17-18,21-24,26,28-30H2,1-2H3,(H,40,47)/b16-15+,20-19+,27-25+. The molecule has 8 atom stereocenters. The van der Waals surface area contributed by atoms with E-state index in [1.165, 1.54) is 64.2 Å². The van der Waals surface area contributed by atoms with Crippen LogP contribution in [0.5, 0.6) is 0 Å². The minimum Gasteiger partial charge on any atom is -0.394 e. The van der Waals surface area contributed by atoms with Gasteiger partial charge < -0.3 is 45.4 Å². The number of carbonyl (C=O) groups excluding carboxylic acids is 1. The topological polar surface area (TPSA) is 169 Å². The van der Waals surface area contributed by atoms with Crippen molar-refractivity contribution in [3.8, 4) is 0 Å². The van der Waals surface area contributed by atoms with Gasteiger partial charge in [0.25, 0.3) is 0 Å². The molecule has 0 aromatic heterocycles. The number of aliphatic hydroxyl groups is 6. The summed E-state index contributed by atoms with van der Waals surface area (Å²) in [5, 5.41) is 64.1. The van der Waals surface area contributed by atoms with Crippen LogP contribution in [0.1, 0.15) is 142 Å². The van der Waals surface area contributed by atoms with Crippen molar-refractivity contribution in [2.24, 2.45) is 0 Å². The highest BCUT2D eigenvalue weighted by atomic mass is 16.7. The monoisotopic (exact) mass is 698 g/mol. The number of ether oxygens (including phenoxy) is 2. The fraction of sp³-hybridized carbons (Fsp3) is 0.821. The Morgan fingerprint density at radius 2 is 1.20 bits per heavy atom. The lowest BCUT2D eigenvalue weighted by molar-refractivity contribution is -0.302. The molecule has 1 amide bonds. The Balaban J connectivity index is 2.56. The smallest absolute Gasteiger partial charge is 0.249 e. The Labute approximate surface area is 296 Å². The van der Waals surface area contributed by atoms with Gasteiger partial charge in [0, 0.05) is 0 Å². The second kappa shape index (κ2) is 30.0. The van der Waals surface area contributed by atoms with E-state index in [-0.39, 0.29) is 6.61 Å². The van der Waals surface area contributed by atoms with E-state index >= 15 is 0 Å². The van der Waals surface area contributed by atoms with Crippen molar-refractivity contribution in [3.63, 3.8) is 0 Å². The van der Waals surface area contributed by atoms with Gasteiger partial charge in [-0.05, 0) is 44.9 Å². The molecule has 1 aliphatic heterocycles. The average Bonchev–Trinajstić information content (AvgIpc) is 3.10. The summed E-state index contributed by atoms with van der Waals surface area (Å²) >= 11 is 0. The van der Waals surface area contributed by atoms with E-state index in [4.69, 9.17) is 9.47 Å². The molecule has 0 aromatic carbocycles. The predicted octanol–water partition coefficient (Wildman–Crippen LogP) is 5.52. The molecule has 7 N–H and O–H groups in total. The lowest BCUT2D eigenvalue weighted by Gasteiger charge is -2.40. The van der Waals surface area contributed by atoms with Gasteiger partial charge >= 0.3 is 0 Å². The predicted molar refractivity (Wildman–Crippen MR) is 195 cm³/mol. The van der Waals surface area contributed by atoms with Crippen LogP contribution in [-0.2, 0) is 14.3 Å². The van der Waals surface area contributed by atoms with Crippen molar-refractivity contribution < 1.29 is 44.9 Å². The van der Waals surface area contributed by atoms with E-state index in [1.807, 2.05) is 6.08 Å². The molecule has 0 saturated carbocycles. The van der Waals surface area contributed by atoms with Gasteiger partial charge in [0.1, 0.15) is 30.5 Å². The molecular weight excluding hydrogens is 626 g/mol. The highest BCUT2D eigenvalue weighted by Gasteiger charge is 2.44. The Hall–Kier alpha value is -1.63. The number of hydrogen-bond acceptors (Lipinski definition) is 9. The summed E-state index contributed by atoms with van der Waals surface area (Å²) in [7, 11) is 0. The number of allylic oxidation sites excluding steroid dienone is 5. The summed E-state index contributed by atoms with van der Waals surface area (Å²) in [4.78, 5) is 12.9.